The highest BCUT2D eigenvalue weighted by molar-refractivity contribution is 5.95. The van der Waals surface area contributed by atoms with Gasteiger partial charge in [0.2, 0.25) is 0 Å². The second-order valence-electron chi connectivity index (χ2n) is 6.76. The predicted octanol–water partition coefficient (Wildman–Crippen LogP) is 2.04. The van der Waals surface area contributed by atoms with Gasteiger partial charge >= 0.3 is 5.97 Å². The molecule has 0 radical (unpaired) electrons. The van der Waals surface area contributed by atoms with Gasteiger partial charge in [-0.25, -0.2) is 4.79 Å². The van der Waals surface area contributed by atoms with Gasteiger partial charge in [0.25, 0.3) is 0 Å². The van der Waals surface area contributed by atoms with Crippen LogP contribution in [0, 0.1) is 11.8 Å². The van der Waals surface area contributed by atoms with E-state index >= 15 is 0 Å². The molecule has 2 saturated heterocycles. The van der Waals surface area contributed by atoms with Crippen molar-refractivity contribution in [2.24, 2.45) is 11.8 Å². The molecule has 20 heavy (non-hydrogen) atoms. The first kappa shape index (κ1) is 12.6. The van der Waals surface area contributed by atoms with Crippen molar-refractivity contribution in [1.82, 2.24) is 4.90 Å². The van der Waals surface area contributed by atoms with Crippen LogP contribution in [0.2, 0.25) is 0 Å². The van der Waals surface area contributed by atoms with Gasteiger partial charge in [0.15, 0.2) is 5.72 Å². The molecule has 1 aliphatic carbocycles. The van der Waals surface area contributed by atoms with E-state index in [9.17, 15) is 9.59 Å². The molecule has 3 atom stereocenters. The van der Waals surface area contributed by atoms with E-state index in [1.165, 1.54) is 0 Å². The molecule has 0 aromatic carbocycles. The van der Waals surface area contributed by atoms with Crippen molar-refractivity contribution >= 4 is 11.8 Å². The molecule has 4 rings (SSSR count). The highest BCUT2D eigenvalue weighted by Crippen LogP contribution is 2.52. The summed E-state index contributed by atoms with van der Waals surface area (Å²) in [5.41, 5.74) is 1.56. The number of carbonyl (C=O) groups is 2. The topological polar surface area (TPSA) is 46.6 Å². The zero-order chi connectivity index (χ0) is 13.9. The lowest BCUT2D eigenvalue weighted by molar-refractivity contribution is -0.159. The molecule has 2 bridgehead atoms. The number of carbonyl (C=O) groups excluding carboxylic acids is 2. The molecular weight excluding hydrogens is 254 g/mol. The maximum atomic E-state index is 12.3. The molecular formula is C16H21NO3. The summed E-state index contributed by atoms with van der Waals surface area (Å²) in [4.78, 5) is 27.0. The van der Waals surface area contributed by atoms with Crippen molar-refractivity contribution < 1.29 is 14.3 Å². The maximum Gasteiger partial charge on any atom is 0.336 e. The largest absolute Gasteiger partial charge is 0.436 e. The van der Waals surface area contributed by atoms with Crippen LogP contribution < -0.4 is 0 Å². The Hall–Kier alpha value is -1.16. The van der Waals surface area contributed by atoms with Crippen LogP contribution in [0.5, 0.6) is 0 Å². The quantitative estimate of drug-likeness (QED) is 0.635. The van der Waals surface area contributed by atoms with E-state index < -0.39 is 5.72 Å². The van der Waals surface area contributed by atoms with Gasteiger partial charge in [0.05, 0.1) is 0 Å². The molecule has 2 fully saturated rings. The summed E-state index contributed by atoms with van der Waals surface area (Å²) in [6.45, 7) is 3.93. The third-order valence-corrected chi connectivity index (χ3v) is 5.62. The van der Waals surface area contributed by atoms with E-state index in [0.29, 0.717) is 12.2 Å². The van der Waals surface area contributed by atoms with Crippen molar-refractivity contribution in [3.63, 3.8) is 0 Å². The highest BCUT2D eigenvalue weighted by atomic mass is 16.6. The number of Topliss-reactive ketones (excluding diaryl/α,β-unsaturated/α-hetero) is 1. The molecule has 108 valence electrons. The number of hydrogen-bond donors (Lipinski definition) is 0. The zero-order valence-electron chi connectivity index (χ0n) is 12.0. The Morgan fingerprint density at radius 3 is 2.90 bits per heavy atom. The van der Waals surface area contributed by atoms with Crippen LogP contribution in [0.25, 0.3) is 0 Å². The molecule has 0 aromatic rings. The number of rotatable bonds is 0. The molecule has 0 aromatic heterocycles. The van der Waals surface area contributed by atoms with Crippen LogP contribution in [0.4, 0.5) is 0 Å². The molecule has 4 heteroatoms. The zero-order valence-corrected chi connectivity index (χ0v) is 12.0. The van der Waals surface area contributed by atoms with Crippen molar-refractivity contribution in [3.8, 4) is 0 Å². The molecule has 4 nitrogen and oxygen atoms in total. The van der Waals surface area contributed by atoms with Crippen LogP contribution in [0.3, 0.4) is 0 Å². The molecule has 4 aliphatic rings. The summed E-state index contributed by atoms with van der Waals surface area (Å²) < 4.78 is 5.91. The van der Waals surface area contributed by atoms with Gasteiger partial charge in [-0.2, -0.15) is 0 Å². The Morgan fingerprint density at radius 2 is 2.05 bits per heavy atom. The molecule has 3 aliphatic heterocycles. The van der Waals surface area contributed by atoms with Crippen LogP contribution in [0.15, 0.2) is 11.1 Å². The summed E-state index contributed by atoms with van der Waals surface area (Å²) in [5.74, 6) is 0.542. The summed E-state index contributed by atoms with van der Waals surface area (Å²) >= 11 is 0. The van der Waals surface area contributed by atoms with Crippen LogP contribution in [-0.4, -0.2) is 35.5 Å². The first-order chi connectivity index (χ1) is 9.62. The Labute approximate surface area is 119 Å². The molecule has 3 heterocycles. The Morgan fingerprint density at radius 1 is 1.25 bits per heavy atom. The lowest BCUT2D eigenvalue weighted by atomic mass is 9.73. The average molecular weight is 275 g/mol. The standard InChI is InChI=1S/C16H21NO3/c1-10-8-11-9-12-14(10)15(19)20-16(12)5-3-7-17(16)6-2-4-13(11)18/h10-11H,2-9H2,1H3/t10-,11-,16+/m1/s1. The first-order valence-corrected chi connectivity index (χ1v) is 7.86. The van der Waals surface area contributed by atoms with Gasteiger partial charge in [0, 0.05) is 37.4 Å². The van der Waals surface area contributed by atoms with Crippen molar-refractivity contribution in [2.75, 3.05) is 13.1 Å². The van der Waals surface area contributed by atoms with Crippen molar-refractivity contribution in [2.45, 2.75) is 51.2 Å². The fraction of sp³-hybridized carbons (Fsp3) is 0.750. The SMILES string of the molecule is C[C@@H]1C[C@@H]2CC3=C1C(=O)O[C@@]31CCCN1CCCC2=O. The number of hydrogen-bond acceptors (Lipinski definition) is 4. The number of ketones is 1. The van der Waals surface area contributed by atoms with Gasteiger partial charge in [-0.3, -0.25) is 9.69 Å². The van der Waals surface area contributed by atoms with Crippen molar-refractivity contribution in [1.29, 1.82) is 0 Å². The van der Waals surface area contributed by atoms with E-state index in [0.717, 1.165) is 56.3 Å². The minimum absolute atomic E-state index is 0.107. The normalized spacial score (nSPS) is 41.0. The van der Waals surface area contributed by atoms with Crippen LogP contribution in [0.1, 0.15) is 45.4 Å². The Kier molecular flexibility index (Phi) is 2.62. The minimum Gasteiger partial charge on any atom is -0.436 e. The number of ether oxygens (including phenoxy) is 1. The molecule has 0 N–H and O–H groups in total. The molecule has 0 amide bonds. The van der Waals surface area contributed by atoms with E-state index in [1.54, 1.807) is 0 Å². The second-order valence-corrected chi connectivity index (χ2v) is 6.76. The Balaban J connectivity index is 1.86. The lowest BCUT2D eigenvalue weighted by Gasteiger charge is -2.37. The molecule has 0 unspecified atom stereocenters. The first-order valence-electron chi connectivity index (χ1n) is 7.86. The third-order valence-electron chi connectivity index (χ3n) is 5.62. The summed E-state index contributed by atoms with van der Waals surface area (Å²) in [6.07, 6.45) is 5.14. The monoisotopic (exact) mass is 275 g/mol. The average Bonchev–Trinajstić information content (AvgIpc) is 2.93. The predicted molar refractivity (Wildman–Crippen MR) is 72.8 cm³/mol. The highest BCUT2D eigenvalue weighted by Gasteiger charge is 2.56. The summed E-state index contributed by atoms with van der Waals surface area (Å²) in [5, 5.41) is 0. The fourth-order valence-electron chi connectivity index (χ4n) is 4.74. The van der Waals surface area contributed by atoms with Gasteiger partial charge in [-0.15, -0.1) is 0 Å². The second kappa shape index (κ2) is 4.17. The van der Waals surface area contributed by atoms with E-state index in [-0.39, 0.29) is 17.8 Å². The van der Waals surface area contributed by atoms with E-state index in [4.69, 9.17) is 4.74 Å². The smallest absolute Gasteiger partial charge is 0.336 e. The third kappa shape index (κ3) is 1.51. The van der Waals surface area contributed by atoms with Gasteiger partial charge in [-0.1, -0.05) is 6.92 Å². The number of fused-ring (bicyclic) bond motifs is 1. The lowest BCUT2D eigenvalue weighted by Crippen LogP contribution is -2.46. The Bertz CT molecular complexity index is 524. The van der Waals surface area contributed by atoms with Crippen molar-refractivity contribution in [3.05, 3.63) is 11.1 Å². The minimum atomic E-state index is -0.482. The van der Waals surface area contributed by atoms with Gasteiger partial charge in [0.1, 0.15) is 5.78 Å². The molecule has 0 saturated carbocycles. The number of esters is 1. The maximum absolute atomic E-state index is 12.3. The van der Waals surface area contributed by atoms with E-state index in [1.807, 2.05) is 0 Å². The van der Waals surface area contributed by atoms with E-state index in [2.05, 4.69) is 11.8 Å². The summed E-state index contributed by atoms with van der Waals surface area (Å²) in [6, 6.07) is 0. The van der Waals surface area contributed by atoms with Crippen LogP contribution in [-0.2, 0) is 14.3 Å². The number of nitrogens with zero attached hydrogens (tertiary/aromatic N) is 1. The summed E-state index contributed by atoms with van der Waals surface area (Å²) in [7, 11) is 0. The van der Waals surface area contributed by atoms with Gasteiger partial charge < -0.3 is 4.74 Å². The molecule has 1 spiro atoms. The fourth-order valence-corrected chi connectivity index (χ4v) is 4.74. The van der Waals surface area contributed by atoms with Crippen LogP contribution >= 0.6 is 0 Å². The van der Waals surface area contributed by atoms with Gasteiger partial charge in [-0.05, 0) is 37.2 Å².